The Labute approximate surface area is 125 Å². The number of nitrogens with zero attached hydrogens (tertiary/aromatic N) is 3. The number of benzene rings is 1. The highest BCUT2D eigenvalue weighted by Crippen LogP contribution is 2.24. The van der Waals surface area contributed by atoms with Gasteiger partial charge < -0.3 is 5.32 Å². The van der Waals surface area contributed by atoms with Gasteiger partial charge in [-0.3, -0.25) is 0 Å². The first-order chi connectivity index (χ1) is 9.71. The van der Waals surface area contributed by atoms with Crippen molar-refractivity contribution in [3.63, 3.8) is 0 Å². The summed E-state index contributed by atoms with van der Waals surface area (Å²) in [6, 6.07) is 5.92. The normalized spacial score (nSPS) is 11.0. The monoisotopic (exact) mass is 292 g/mol. The predicted octanol–water partition coefficient (Wildman–Crippen LogP) is 3.16. The van der Waals surface area contributed by atoms with E-state index < -0.39 is 0 Å². The summed E-state index contributed by atoms with van der Waals surface area (Å²) in [6.45, 7) is 7.88. The average molecular weight is 293 g/mol. The van der Waals surface area contributed by atoms with Crippen LogP contribution in [0.5, 0.6) is 0 Å². The van der Waals surface area contributed by atoms with Gasteiger partial charge in [-0.05, 0) is 18.7 Å². The summed E-state index contributed by atoms with van der Waals surface area (Å²) in [4.78, 5) is 4.56. The molecule has 0 radical (unpaired) electrons. The van der Waals surface area contributed by atoms with Crippen molar-refractivity contribution >= 4 is 11.6 Å². The van der Waals surface area contributed by atoms with Crippen LogP contribution in [0.3, 0.4) is 0 Å². The topological polar surface area (TPSA) is 42.7 Å². The quantitative estimate of drug-likeness (QED) is 0.889. The van der Waals surface area contributed by atoms with Crippen molar-refractivity contribution in [3.8, 4) is 5.69 Å². The summed E-state index contributed by atoms with van der Waals surface area (Å²) in [7, 11) is 0. The van der Waals surface area contributed by atoms with E-state index in [1.54, 1.807) is 0 Å². The smallest absolute Gasteiger partial charge is 0.151 e. The van der Waals surface area contributed by atoms with Crippen LogP contribution in [0.2, 0.25) is 5.02 Å². The van der Waals surface area contributed by atoms with Crippen LogP contribution in [0.4, 0.5) is 0 Å². The van der Waals surface area contributed by atoms with E-state index in [1.165, 1.54) is 0 Å². The van der Waals surface area contributed by atoms with Gasteiger partial charge in [-0.15, -0.1) is 0 Å². The Balaban J connectivity index is 2.51. The third-order valence-electron chi connectivity index (χ3n) is 3.22. The molecule has 0 spiro atoms. The Morgan fingerprint density at radius 2 is 2.00 bits per heavy atom. The molecule has 1 aromatic carbocycles. The molecule has 1 N–H and O–H groups in total. The zero-order valence-electron chi connectivity index (χ0n) is 12.3. The van der Waals surface area contributed by atoms with Crippen molar-refractivity contribution in [2.24, 2.45) is 0 Å². The highest BCUT2D eigenvalue weighted by Gasteiger charge is 2.14. The maximum atomic E-state index is 6.35. The summed E-state index contributed by atoms with van der Waals surface area (Å²) < 4.78 is 1.93. The highest BCUT2D eigenvalue weighted by molar-refractivity contribution is 6.31. The molecule has 0 amide bonds. The van der Waals surface area contributed by atoms with Crippen molar-refractivity contribution in [2.45, 2.75) is 40.2 Å². The molecule has 0 unspecified atom stereocenters. The molecule has 0 fully saturated rings. The van der Waals surface area contributed by atoms with Gasteiger partial charge in [0.05, 0.1) is 5.69 Å². The van der Waals surface area contributed by atoms with E-state index in [4.69, 9.17) is 11.6 Å². The SMILES string of the molecule is CCNCc1c(Cl)cccc1-n1nc(CC)nc1CC. The first-order valence-electron chi connectivity index (χ1n) is 7.14. The minimum atomic E-state index is 0.732. The lowest BCUT2D eigenvalue weighted by atomic mass is 10.1. The Hall–Kier alpha value is -1.39. The first-order valence-corrected chi connectivity index (χ1v) is 7.52. The summed E-state index contributed by atoms with van der Waals surface area (Å²) in [5, 5.41) is 8.69. The van der Waals surface area contributed by atoms with Crippen molar-refractivity contribution < 1.29 is 0 Å². The molecule has 108 valence electrons. The van der Waals surface area contributed by atoms with Gasteiger partial charge in [0.25, 0.3) is 0 Å². The van der Waals surface area contributed by atoms with Gasteiger partial charge in [0.1, 0.15) is 5.82 Å². The largest absolute Gasteiger partial charge is 0.313 e. The highest BCUT2D eigenvalue weighted by atomic mass is 35.5. The van der Waals surface area contributed by atoms with E-state index in [0.717, 1.165) is 53.9 Å². The number of halogens is 1. The fourth-order valence-electron chi connectivity index (χ4n) is 2.13. The van der Waals surface area contributed by atoms with E-state index in [0.29, 0.717) is 0 Å². The lowest BCUT2D eigenvalue weighted by Gasteiger charge is -2.13. The van der Waals surface area contributed by atoms with Crippen LogP contribution in [0, 0.1) is 0 Å². The van der Waals surface area contributed by atoms with Gasteiger partial charge in [-0.2, -0.15) is 5.10 Å². The molecule has 2 aromatic rings. The predicted molar refractivity (Wildman–Crippen MR) is 82.5 cm³/mol. The van der Waals surface area contributed by atoms with Crippen molar-refractivity contribution in [1.82, 2.24) is 20.1 Å². The van der Waals surface area contributed by atoms with Crippen LogP contribution >= 0.6 is 11.6 Å². The molecule has 0 saturated carbocycles. The van der Waals surface area contributed by atoms with Crippen LogP contribution in [0.25, 0.3) is 5.69 Å². The van der Waals surface area contributed by atoms with Crippen molar-refractivity contribution in [3.05, 3.63) is 40.4 Å². The third kappa shape index (κ3) is 3.02. The summed E-state index contributed by atoms with van der Waals surface area (Å²) >= 11 is 6.35. The lowest BCUT2D eigenvalue weighted by Crippen LogP contribution is -2.15. The number of rotatable bonds is 6. The molecule has 20 heavy (non-hydrogen) atoms. The second-order valence-electron chi connectivity index (χ2n) is 4.58. The molecular weight excluding hydrogens is 272 g/mol. The zero-order valence-corrected chi connectivity index (χ0v) is 13.0. The molecule has 0 atom stereocenters. The summed E-state index contributed by atoms with van der Waals surface area (Å²) in [6.07, 6.45) is 1.68. The number of aromatic nitrogens is 3. The van der Waals surface area contributed by atoms with E-state index in [2.05, 4.69) is 36.2 Å². The van der Waals surface area contributed by atoms with E-state index in [9.17, 15) is 0 Å². The molecule has 1 aromatic heterocycles. The van der Waals surface area contributed by atoms with E-state index in [1.807, 2.05) is 22.9 Å². The Bertz CT molecular complexity index is 577. The van der Waals surface area contributed by atoms with Crippen LogP contribution in [0.1, 0.15) is 38.0 Å². The van der Waals surface area contributed by atoms with Crippen LogP contribution < -0.4 is 5.32 Å². The van der Waals surface area contributed by atoms with E-state index in [-0.39, 0.29) is 0 Å². The average Bonchev–Trinajstić information content (AvgIpc) is 2.89. The second-order valence-corrected chi connectivity index (χ2v) is 4.99. The minimum Gasteiger partial charge on any atom is -0.313 e. The maximum Gasteiger partial charge on any atom is 0.151 e. The van der Waals surface area contributed by atoms with Gasteiger partial charge in [-0.25, -0.2) is 9.67 Å². The number of aryl methyl sites for hydroxylation is 2. The Morgan fingerprint density at radius 1 is 1.20 bits per heavy atom. The lowest BCUT2D eigenvalue weighted by molar-refractivity contribution is 0.709. The first kappa shape index (κ1) is 15.0. The molecule has 0 bridgehead atoms. The molecule has 0 aliphatic heterocycles. The molecule has 5 heteroatoms. The number of nitrogens with one attached hydrogen (secondary N) is 1. The van der Waals surface area contributed by atoms with Gasteiger partial charge in [-0.1, -0.05) is 38.4 Å². The fraction of sp³-hybridized carbons (Fsp3) is 0.467. The fourth-order valence-corrected chi connectivity index (χ4v) is 2.37. The number of hydrogen-bond acceptors (Lipinski definition) is 3. The summed E-state index contributed by atoms with van der Waals surface area (Å²) in [5.74, 6) is 1.85. The van der Waals surface area contributed by atoms with Gasteiger partial charge >= 0.3 is 0 Å². The van der Waals surface area contributed by atoms with Crippen LogP contribution in [0.15, 0.2) is 18.2 Å². The molecule has 0 saturated heterocycles. The molecule has 4 nitrogen and oxygen atoms in total. The molecule has 0 aliphatic carbocycles. The summed E-state index contributed by atoms with van der Waals surface area (Å²) in [5.41, 5.74) is 2.08. The third-order valence-corrected chi connectivity index (χ3v) is 3.58. The molecule has 1 heterocycles. The number of hydrogen-bond donors (Lipinski definition) is 1. The molecule has 0 aliphatic rings. The van der Waals surface area contributed by atoms with Crippen LogP contribution in [-0.2, 0) is 19.4 Å². The van der Waals surface area contributed by atoms with Crippen LogP contribution in [-0.4, -0.2) is 21.3 Å². The van der Waals surface area contributed by atoms with Gasteiger partial charge in [0.2, 0.25) is 0 Å². The molecule has 2 rings (SSSR count). The minimum absolute atomic E-state index is 0.732. The van der Waals surface area contributed by atoms with Gasteiger partial charge in [0.15, 0.2) is 5.82 Å². The second kappa shape index (κ2) is 6.86. The van der Waals surface area contributed by atoms with Crippen molar-refractivity contribution in [2.75, 3.05) is 6.54 Å². The standard InChI is InChI=1S/C15H21ClN4/c1-4-14-18-15(5-2)20(19-14)13-9-7-8-12(16)11(13)10-17-6-3/h7-9,17H,4-6,10H2,1-3H3. The Morgan fingerprint density at radius 3 is 2.65 bits per heavy atom. The van der Waals surface area contributed by atoms with Crippen molar-refractivity contribution in [1.29, 1.82) is 0 Å². The van der Waals surface area contributed by atoms with Gasteiger partial charge in [0, 0.05) is 30.0 Å². The molecular formula is C15H21ClN4. The maximum absolute atomic E-state index is 6.35. The zero-order chi connectivity index (χ0) is 14.5. The Kier molecular flexibility index (Phi) is 5.15. The van der Waals surface area contributed by atoms with E-state index >= 15 is 0 Å².